The van der Waals surface area contributed by atoms with Gasteiger partial charge in [0, 0.05) is 48.1 Å². The van der Waals surface area contributed by atoms with E-state index in [0.29, 0.717) is 25.9 Å². The van der Waals surface area contributed by atoms with E-state index in [2.05, 4.69) is 40.3 Å². The first kappa shape index (κ1) is 29.4. The number of aryl methyl sites for hydroxylation is 1. The number of aliphatic hydroxyl groups is 1. The molecule has 3 N–H and O–H groups in total. The van der Waals surface area contributed by atoms with E-state index in [-0.39, 0.29) is 24.3 Å². The summed E-state index contributed by atoms with van der Waals surface area (Å²) in [4.78, 5) is 51.5. The van der Waals surface area contributed by atoms with Gasteiger partial charge in [-0.1, -0.05) is 62.4 Å². The van der Waals surface area contributed by atoms with E-state index in [4.69, 9.17) is 4.74 Å². The predicted octanol–water partition coefficient (Wildman–Crippen LogP) is 2.94. The number of benzene rings is 2. The van der Waals surface area contributed by atoms with Gasteiger partial charge in [0.2, 0.25) is 17.5 Å². The normalized spacial score (nSPS) is 32.1. The Morgan fingerprint density at radius 1 is 1.15 bits per heavy atom. The number of nitrogens with one attached hydrogen (secondary N) is 2. The fraction of sp³-hybridized carbons (Fsp3) is 0.472. The lowest BCUT2D eigenvalue weighted by Gasteiger charge is -2.48. The van der Waals surface area contributed by atoms with Crippen molar-refractivity contribution in [1.29, 1.82) is 0 Å². The smallest absolute Gasteiger partial charge is 0.281 e. The van der Waals surface area contributed by atoms with Crippen molar-refractivity contribution in [2.45, 2.75) is 76.2 Å². The number of aromatic amines is 1. The second-order valence-electron chi connectivity index (χ2n) is 14.1. The summed E-state index contributed by atoms with van der Waals surface area (Å²) < 4.78 is 6.50. The summed E-state index contributed by atoms with van der Waals surface area (Å²) in [6, 6.07) is 14.2. The van der Waals surface area contributed by atoms with E-state index in [0.717, 1.165) is 28.6 Å². The maximum absolute atomic E-state index is 14.6. The molecule has 3 saturated heterocycles. The van der Waals surface area contributed by atoms with Gasteiger partial charge < -0.3 is 20.3 Å². The minimum Gasteiger partial charge on any atom is -0.358 e. The number of hydrogen-bond donors (Lipinski definition) is 3. The van der Waals surface area contributed by atoms with Crippen LogP contribution in [0.2, 0.25) is 0 Å². The van der Waals surface area contributed by atoms with Gasteiger partial charge in [0.25, 0.3) is 11.8 Å². The number of hydrogen-bond acceptors (Lipinski definition) is 6. The van der Waals surface area contributed by atoms with Crippen molar-refractivity contribution < 1.29 is 24.2 Å². The van der Waals surface area contributed by atoms with Crippen molar-refractivity contribution in [2.75, 3.05) is 20.1 Å². The van der Waals surface area contributed by atoms with Crippen LogP contribution in [-0.2, 0) is 32.0 Å². The molecule has 5 aliphatic rings. The Hall–Kier alpha value is -3.99. The highest BCUT2D eigenvalue weighted by molar-refractivity contribution is 6.01. The van der Waals surface area contributed by atoms with Crippen LogP contribution >= 0.6 is 0 Å². The van der Waals surface area contributed by atoms with Gasteiger partial charge in [-0.25, -0.2) is 0 Å². The molecule has 1 aliphatic carbocycles. The topological polar surface area (TPSA) is 118 Å². The SMILES string of the molecule is Cc1[nH]c2cccc3c2c1C[C@@H]1C3=C[C@@H](C(=O)N[C@]2(C(C)C)O[C@@]3(O)[C@@H]4CCCN4C(=O)[C@H](Cc4ccccc4)N3C2=O)CN1C. The lowest BCUT2D eigenvalue weighted by atomic mass is 9.79. The number of rotatable bonds is 5. The predicted molar refractivity (Wildman–Crippen MR) is 172 cm³/mol. The van der Waals surface area contributed by atoms with E-state index in [1.807, 2.05) is 43.4 Å². The molecule has 5 heterocycles. The number of aromatic nitrogens is 1. The monoisotopic (exact) mass is 623 g/mol. The lowest BCUT2D eigenvalue weighted by molar-refractivity contribution is -0.321. The van der Waals surface area contributed by atoms with Crippen LogP contribution in [0.25, 0.3) is 16.5 Å². The molecule has 3 fully saturated rings. The molecule has 8 rings (SSSR count). The zero-order chi connectivity index (χ0) is 32.1. The molecule has 4 aliphatic heterocycles. The van der Waals surface area contributed by atoms with Gasteiger partial charge in [0.15, 0.2) is 0 Å². The summed E-state index contributed by atoms with van der Waals surface area (Å²) in [5, 5.41) is 16.5. The Kier molecular flexibility index (Phi) is 6.56. The van der Waals surface area contributed by atoms with Gasteiger partial charge in [-0.15, -0.1) is 0 Å². The maximum Gasteiger partial charge on any atom is 0.281 e. The van der Waals surface area contributed by atoms with Crippen LogP contribution in [0.4, 0.5) is 0 Å². The number of nitrogens with zero attached hydrogens (tertiary/aromatic N) is 3. The van der Waals surface area contributed by atoms with Gasteiger partial charge in [-0.2, -0.15) is 0 Å². The average Bonchev–Trinajstić information content (AvgIpc) is 3.72. The maximum atomic E-state index is 14.6. The first-order chi connectivity index (χ1) is 22.0. The van der Waals surface area contributed by atoms with Crippen molar-refractivity contribution >= 4 is 34.2 Å². The van der Waals surface area contributed by atoms with Crippen molar-refractivity contribution in [2.24, 2.45) is 11.8 Å². The molecule has 0 saturated carbocycles. The summed E-state index contributed by atoms with van der Waals surface area (Å²) in [7, 11) is 2.04. The van der Waals surface area contributed by atoms with Crippen molar-refractivity contribution in [1.82, 2.24) is 25.0 Å². The van der Waals surface area contributed by atoms with Gasteiger partial charge in [0.1, 0.15) is 12.1 Å². The largest absolute Gasteiger partial charge is 0.358 e. The van der Waals surface area contributed by atoms with Crippen LogP contribution in [0, 0.1) is 18.8 Å². The summed E-state index contributed by atoms with van der Waals surface area (Å²) >= 11 is 0. The summed E-state index contributed by atoms with van der Waals surface area (Å²) in [5.74, 6) is -4.28. The fourth-order valence-corrected chi connectivity index (χ4v) is 8.74. The molecule has 10 nitrogen and oxygen atoms in total. The van der Waals surface area contributed by atoms with Gasteiger partial charge in [-0.05, 0) is 61.6 Å². The third kappa shape index (κ3) is 4.02. The van der Waals surface area contributed by atoms with Gasteiger partial charge in [0.05, 0.1) is 5.92 Å². The molecule has 0 unspecified atom stereocenters. The highest BCUT2D eigenvalue weighted by Crippen LogP contribution is 2.48. The van der Waals surface area contributed by atoms with Crippen molar-refractivity contribution in [3.8, 4) is 0 Å². The van der Waals surface area contributed by atoms with E-state index < -0.39 is 41.5 Å². The molecule has 6 atom stereocenters. The van der Waals surface area contributed by atoms with Crippen LogP contribution in [0.3, 0.4) is 0 Å². The van der Waals surface area contributed by atoms with E-state index in [9.17, 15) is 19.5 Å². The molecule has 0 bridgehead atoms. The lowest BCUT2D eigenvalue weighted by Crippen LogP contribution is -2.71. The molecule has 10 heteroatoms. The van der Waals surface area contributed by atoms with Crippen molar-refractivity contribution in [3.05, 3.63) is 77.0 Å². The third-order valence-corrected chi connectivity index (χ3v) is 11.1. The van der Waals surface area contributed by atoms with Crippen LogP contribution in [0.15, 0.2) is 54.6 Å². The van der Waals surface area contributed by atoms with E-state index >= 15 is 0 Å². The Labute approximate surface area is 268 Å². The Morgan fingerprint density at radius 2 is 1.93 bits per heavy atom. The average molecular weight is 624 g/mol. The number of carbonyl (C=O) groups is 3. The molecule has 0 spiro atoms. The summed E-state index contributed by atoms with van der Waals surface area (Å²) in [6.45, 7) is 6.68. The first-order valence-electron chi connectivity index (χ1n) is 16.5. The number of H-pyrrole nitrogens is 1. The van der Waals surface area contributed by atoms with E-state index in [1.165, 1.54) is 21.5 Å². The Balaban J connectivity index is 1.15. The molecule has 3 amide bonds. The van der Waals surface area contributed by atoms with Gasteiger partial charge in [-0.3, -0.25) is 28.9 Å². The summed E-state index contributed by atoms with van der Waals surface area (Å²) in [5.41, 5.74) is 4.84. The number of amides is 3. The van der Waals surface area contributed by atoms with Crippen molar-refractivity contribution in [3.63, 3.8) is 0 Å². The number of fused-ring (bicyclic) bond motifs is 5. The molecule has 0 radical (unpaired) electrons. The zero-order valence-electron chi connectivity index (χ0n) is 26.7. The second-order valence-corrected chi connectivity index (χ2v) is 14.1. The van der Waals surface area contributed by atoms with Crippen LogP contribution in [-0.4, -0.2) is 92.4 Å². The number of piperazine rings is 1. The fourth-order valence-electron chi connectivity index (χ4n) is 8.74. The Bertz CT molecular complexity index is 1800. The van der Waals surface area contributed by atoms with Crippen LogP contribution in [0.5, 0.6) is 0 Å². The minimum atomic E-state index is -2.06. The quantitative estimate of drug-likeness (QED) is 0.403. The highest BCUT2D eigenvalue weighted by Gasteiger charge is 2.72. The van der Waals surface area contributed by atoms with Gasteiger partial charge >= 0.3 is 0 Å². The third-order valence-electron chi connectivity index (χ3n) is 11.1. The Morgan fingerprint density at radius 3 is 2.70 bits per heavy atom. The van der Waals surface area contributed by atoms with Crippen LogP contribution < -0.4 is 5.32 Å². The first-order valence-corrected chi connectivity index (χ1v) is 16.5. The molecule has 1 aromatic heterocycles. The molecular weight excluding hydrogens is 582 g/mol. The molecule has 3 aromatic rings. The van der Waals surface area contributed by atoms with E-state index in [1.54, 1.807) is 18.7 Å². The second kappa shape index (κ2) is 10.3. The molecule has 240 valence electrons. The number of ether oxygens (including phenoxy) is 1. The van der Waals surface area contributed by atoms with Crippen LogP contribution in [0.1, 0.15) is 49.1 Å². The minimum absolute atomic E-state index is 0.132. The number of carbonyl (C=O) groups excluding carboxylic acids is 3. The number of likely N-dealkylation sites (N-methyl/N-ethyl adjacent to an activating group) is 1. The summed E-state index contributed by atoms with van der Waals surface area (Å²) in [6.07, 6.45) is 4.33. The molecular formula is C36H41N5O5. The standard InChI is InChI=1S/C36H41N5O5/c1-20(2)35(34(44)41-29(16-22-10-6-5-7-11-22)33(43)40-15-9-14-30(40)36(41,45)46-35)38-32(42)23-17-26-24-12-8-13-27-31(24)25(21(3)37-27)18-28(26)39(4)19-23/h5-8,10-13,17,20,23,28-30,37,45H,9,14-16,18-19H2,1-4H3,(H,38,42)/t23-,28-,29+,30+,35-,36+/m1/s1. The zero-order valence-corrected chi connectivity index (χ0v) is 26.7. The molecule has 2 aromatic carbocycles. The molecule has 46 heavy (non-hydrogen) atoms. The highest BCUT2D eigenvalue weighted by atomic mass is 16.7.